The minimum atomic E-state index is -0.0393. The van der Waals surface area contributed by atoms with Crippen molar-refractivity contribution < 1.29 is 4.79 Å². The number of amides is 1. The van der Waals surface area contributed by atoms with Gasteiger partial charge in [-0.15, -0.1) is 10.2 Å². The van der Waals surface area contributed by atoms with E-state index in [0.717, 1.165) is 22.6 Å². The molecule has 7 nitrogen and oxygen atoms in total. The van der Waals surface area contributed by atoms with Crippen LogP contribution in [-0.4, -0.2) is 31.1 Å². The second-order valence-corrected chi connectivity index (χ2v) is 7.42. The van der Waals surface area contributed by atoms with Crippen molar-refractivity contribution in [1.82, 2.24) is 25.2 Å². The smallest absolute Gasteiger partial charge is 0.226 e. The molecule has 0 saturated heterocycles. The number of hydrogen-bond acceptors (Lipinski definition) is 6. The number of nitrogens with zero attached hydrogens (tertiary/aromatic N) is 5. The zero-order chi connectivity index (χ0) is 18.5. The van der Waals surface area contributed by atoms with Gasteiger partial charge < -0.3 is 5.32 Å². The fourth-order valence-corrected chi connectivity index (χ4v) is 3.42. The van der Waals surface area contributed by atoms with Crippen LogP contribution in [0.2, 0.25) is 0 Å². The van der Waals surface area contributed by atoms with E-state index >= 15 is 0 Å². The molecule has 0 aliphatic carbocycles. The zero-order valence-electron chi connectivity index (χ0n) is 15.1. The van der Waals surface area contributed by atoms with Crippen LogP contribution >= 0.6 is 11.3 Å². The molecule has 0 unspecified atom stereocenters. The zero-order valence-corrected chi connectivity index (χ0v) is 16.0. The average molecular weight is 370 g/mol. The predicted octanol–water partition coefficient (Wildman–Crippen LogP) is 3.86. The van der Waals surface area contributed by atoms with Crippen molar-refractivity contribution >= 4 is 22.4 Å². The van der Waals surface area contributed by atoms with Crippen molar-refractivity contribution in [3.63, 3.8) is 0 Å². The Hall–Kier alpha value is -2.61. The monoisotopic (exact) mass is 370 g/mol. The summed E-state index contributed by atoms with van der Waals surface area (Å²) in [6.07, 6.45) is 1.39. The third-order valence-electron chi connectivity index (χ3n) is 3.59. The molecule has 0 fully saturated rings. The number of carbonyl (C=O) groups excluding carboxylic acids is 1. The molecule has 0 spiro atoms. The van der Waals surface area contributed by atoms with E-state index in [-0.39, 0.29) is 5.91 Å². The SMILES string of the molecule is CCCn1nnc(-c2sc(NC(=O)CC(C)C)nc2-c2ccccc2)n1. The molecular weight excluding hydrogens is 348 g/mol. The lowest BCUT2D eigenvalue weighted by molar-refractivity contribution is -0.116. The van der Waals surface area contributed by atoms with Crippen LogP contribution in [0.15, 0.2) is 30.3 Å². The molecule has 0 radical (unpaired) electrons. The normalized spacial score (nSPS) is 11.1. The lowest BCUT2D eigenvalue weighted by atomic mass is 10.1. The van der Waals surface area contributed by atoms with Crippen molar-refractivity contribution in [2.75, 3.05) is 5.32 Å². The minimum Gasteiger partial charge on any atom is -0.302 e. The summed E-state index contributed by atoms with van der Waals surface area (Å²) < 4.78 is 0. The highest BCUT2D eigenvalue weighted by Crippen LogP contribution is 2.37. The summed E-state index contributed by atoms with van der Waals surface area (Å²) in [5, 5.41) is 16.2. The van der Waals surface area contributed by atoms with Gasteiger partial charge in [0.25, 0.3) is 0 Å². The van der Waals surface area contributed by atoms with Crippen molar-refractivity contribution in [2.45, 2.75) is 40.2 Å². The Morgan fingerprint density at radius 1 is 1.27 bits per heavy atom. The highest BCUT2D eigenvalue weighted by atomic mass is 32.1. The maximum absolute atomic E-state index is 12.1. The van der Waals surface area contributed by atoms with Crippen LogP contribution in [0.4, 0.5) is 5.13 Å². The van der Waals surface area contributed by atoms with Gasteiger partial charge in [-0.1, -0.05) is 62.4 Å². The molecule has 0 bridgehead atoms. The van der Waals surface area contributed by atoms with E-state index in [1.165, 1.54) is 11.3 Å². The third kappa shape index (κ3) is 4.32. The Bertz CT molecular complexity index is 871. The summed E-state index contributed by atoms with van der Waals surface area (Å²) in [5.41, 5.74) is 1.71. The van der Waals surface area contributed by atoms with Crippen molar-refractivity contribution in [3.05, 3.63) is 30.3 Å². The Morgan fingerprint density at radius 2 is 2.04 bits per heavy atom. The molecule has 0 aliphatic rings. The highest BCUT2D eigenvalue weighted by Gasteiger charge is 2.20. The molecule has 2 aromatic heterocycles. The van der Waals surface area contributed by atoms with Gasteiger partial charge in [-0.25, -0.2) is 4.98 Å². The van der Waals surface area contributed by atoms with Gasteiger partial charge >= 0.3 is 0 Å². The lowest BCUT2D eigenvalue weighted by Crippen LogP contribution is -2.13. The average Bonchev–Trinajstić information content (AvgIpc) is 3.22. The molecule has 3 aromatic rings. The van der Waals surface area contributed by atoms with Gasteiger partial charge in [-0.05, 0) is 17.6 Å². The fourth-order valence-electron chi connectivity index (χ4n) is 2.49. The molecule has 8 heteroatoms. The Labute approximate surface area is 156 Å². The minimum absolute atomic E-state index is 0.0393. The number of carbonyl (C=O) groups is 1. The van der Waals surface area contributed by atoms with E-state index in [9.17, 15) is 4.79 Å². The number of anilines is 1. The van der Waals surface area contributed by atoms with Crippen LogP contribution in [0.1, 0.15) is 33.6 Å². The molecule has 0 aliphatic heterocycles. The van der Waals surface area contributed by atoms with Crippen molar-refractivity contribution in [1.29, 1.82) is 0 Å². The van der Waals surface area contributed by atoms with E-state index in [1.54, 1.807) is 4.80 Å². The van der Waals surface area contributed by atoms with Gasteiger partial charge in [0, 0.05) is 12.0 Å². The maximum Gasteiger partial charge on any atom is 0.226 e. The molecule has 1 N–H and O–H groups in total. The number of nitrogens with one attached hydrogen (secondary N) is 1. The van der Waals surface area contributed by atoms with Gasteiger partial charge in [0.1, 0.15) is 4.88 Å². The Balaban J connectivity index is 1.96. The van der Waals surface area contributed by atoms with Gasteiger partial charge in [0.05, 0.1) is 12.2 Å². The van der Waals surface area contributed by atoms with Crippen LogP contribution in [0.3, 0.4) is 0 Å². The van der Waals surface area contributed by atoms with Crippen LogP contribution in [0, 0.1) is 5.92 Å². The molecule has 0 atom stereocenters. The number of rotatable bonds is 7. The van der Waals surface area contributed by atoms with Gasteiger partial charge in [-0.2, -0.15) is 4.80 Å². The summed E-state index contributed by atoms with van der Waals surface area (Å²) >= 11 is 1.37. The molecule has 26 heavy (non-hydrogen) atoms. The largest absolute Gasteiger partial charge is 0.302 e. The molecule has 2 heterocycles. The number of hydrogen-bond donors (Lipinski definition) is 1. The maximum atomic E-state index is 12.1. The first-order valence-electron chi connectivity index (χ1n) is 8.71. The van der Waals surface area contributed by atoms with Gasteiger partial charge in [0.2, 0.25) is 11.7 Å². The van der Waals surface area contributed by atoms with E-state index in [0.29, 0.717) is 29.8 Å². The molecular formula is C18H22N6OS. The second kappa shape index (κ2) is 8.18. The molecule has 1 aromatic carbocycles. The van der Waals surface area contributed by atoms with E-state index in [2.05, 4.69) is 32.6 Å². The fraction of sp³-hybridized carbons (Fsp3) is 0.389. The van der Waals surface area contributed by atoms with Crippen LogP contribution in [0.25, 0.3) is 22.0 Å². The number of aryl methyl sites for hydroxylation is 1. The standard InChI is InChI=1S/C18H22N6OS/c1-4-10-24-22-17(21-23-24)16-15(13-8-6-5-7-9-13)20-18(26-16)19-14(25)11-12(2)3/h5-9,12H,4,10-11H2,1-3H3,(H,19,20,25). The predicted molar refractivity (Wildman–Crippen MR) is 103 cm³/mol. The first-order valence-corrected chi connectivity index (χ1v) is 9.52. The summed E-state index contributed by atoms with van der Waals surface area (Å²) in [6, 6.07) is 9.83. The summed E-state index contributed by atoms with van der Waals surface area (Å²) in [6.45, 7) is 6.80. The summed E-state index contributed by atoms with van der Waals surface area (Å²) in [4.78, 5) is 19.1. The topological polar surface area (TPSA) is 85.6 Å². The van der Waals surface area contributed by atoms with Crippen LogP contribution in [-0.2, 0) is 11.3 Å². The Morgan fingerprint density at radius 3 is 2.73 bits per heavy atom. The number of tetrazole rings is 1. The molecule has 3 rings (SSSR count). The van der Waals surface area contributed by atoms with Crippen LogP contribution < -0.4 is 5.32 Å². The van der Waals surface area contributed by atoms with E-state index in [1.807, 2.05) is 44.2 Å². The third-order valence-corrected chi connectivity index (χ3v) is 4.56. The molecule has 136 valence electrons. The van der Waals surface area contributed by atoms with Gasteiger partial charge in [-0.3, -0.25) is 4.79 Å². The highest BCUT2D eigenvalue weighted by molar-refractivity contribution is 7.19. The quantitative estimate of drug-likeness (QED) is 0.682. The van der Waals surface area contributed by atoms with Crippen LogP contribution in [0.5, 0.6) is 0 Å². The summed E-state index contributed by atoms with van der Waals surface area (Å²) in [7, 11) is 0. The molecule has 1 amide bonds. The second-order valence-electron chi connectivity index (χ2n) is 6.42. The molecule has 0 saturated carbocycles. The number of thiazole rings is 1. The van der Waals surface area contributed by atoms with E-state index in [4.69, 9.17) is 0 Å². The number of benzene rings is 1. The van der Waals surface area contributed by atoms with Crippen molar-refractivity contribution in [2.24, 2.45) is 5.92 Å². The first kappa shape index (κ1) is 18.2. The lowest BCUT2D eigenvalue weighted by Gasteiger charge is -2.03. The van der Waals surface area contributed by atoms with E-state index < -0.39 is 0 Å². The van der Waals surface area contributed by atoms with Gasteiger partial charge in [0.15, 0.2) is 5.13 Å². The first-order chi connectivity index (χ1) is 12.6. The summed E-state index contributed by atoms with van der Waals surface area (Å²) in [5.74, 6) is 0.778. The van der Waals surface area contributed by atoms with Crippen molar-refractivity contribution in [3.8, 4) is 22.0 Å². The Kier molecular flexibility index (Phi) is 5.72. The number of aromatic nitrogens is 5.